The minimum Gasteiger partial charge on any atom is -0.523 e. The van der Waals surface area contributed by atoms with Gasteiger partial charge in [0.25, 0.3) is 0 Å². The minimum absolute atomic E-state index is 0.0623. The maximum absolute atomic E-state index is 10.7. The standard InChI is InChI=1S/C27H26N4O/c1-16-14-19(12-13-29-16)26-30-23(18-8-6-5-7-9-18)20-10-11-21-17(2)24(32)22(28-4)15-27(21,3)25(20)31-26/h5-9,12-14,17,21,32H,10-11,15H2,1-3H3/t17-,21-,27-/m1/s1. The van der Waals surface area contributed by atoms with Crippen LogP contribution < -0.4 is 0 Å². The number of rotatable bonds is 2. The normalized spacial score (nSPS) is 24.4. The third kappa shape index (κ3) is 3.10. The summed E-state index contributed by atoms with van der Waals surface area (Å²) in [5.74, 6) is 1.11. The summed E-state index contributed by atoms with van der Waals surface area (Å²) in [6.07, 6.45) is 4.10. The lowest BCUT2D eigenvalue weighted by Gasteiger charge is -2.48. The second kappa shape index (κ2) is 7.56. The van der Waals surface area contributed by atoms with E-state index in [9.17, 15) is 5.11 Å². The molecule has 2 aliphatic rings. The summed E-state index contributed by atoms with van der Waals surface area (Å²) >= 11 is 0. The second-order valence-electron chi connectivity index (χ2n) is 9.25. The first-order valence-electron chi connectivity index (χ1n) is 11.1. The van der Waals surface area contributed by atoms with Gasteiger partial charge in [0.05, 0.1) is 23.7 Å². The zero-order valence-electron chi connectivity index (χ0n) is 18.6. The van der Waals surface area contributed by atoms with Gasteiger partial charge in [-0.2, -0.15) is 0 Å². The van der Waals surface area contributed by atoms with Crippen molar-refractivity contribution in [3.63, 3.8) is 0 Å². The van der Waals surface area contributed by atoms with E-state index in [4.69, 9.17) is 16.5 Å². The molecule has 5 rings (SSSR count). The molecule has 32 heavy (non-hydrogen) atoms. The van der Waals surface area contributed by atoms with Crippen LogP contribution in [0.2, 0.25) is 0 Å². The van der Waals surface area contributed by atoms with Crippen molar-refractivity contribution < 1.29 is 5.11 Å². The maximum Gasteiger partial charge on any atom is 0.203 e. The lowest BCUT2D eigenvalue weighted by Crippen LogP contribution is -2.45. The highest BCUT2D eigenvalue weighted by molar-refractivity contribution is 5.69. The Labute approximate surface area is 188 Å². The van der Waals surface area contributed by atoms with Gasteiger partial charge in [-0.25, -0.2) is 14.8 Å². The Morgan fingerprint density at radius 2 is 1.91 bits per heavy atom. The molecule has 0 amide bonds. The Balaban J connectivity index is 1.78. The Morgan fingerprint density at radius 3 is 2.62 bits per heavy atom. The molecule has 0 unspecified atom stereocenters. The molecule has 2 heterocycles. The van der Waals surface area contributed by atoms with Gasteiger partial charge in [-0.1, -0.05) is 44.2 Å². The minimum atomic E-state index is -0.331. The van der Waals surface area contributed by atoms with Gasteiger partial charge in [0.2, 0.25) is 5.70 Å². The van der Waals surface area contributed by atoms with Crippen LogP contribution in [0.4, 0.5) is 0 Å². The molecular formula is C27H26N4O. The van der Waals surface area contributed by atoms with Crippen molar-refractivity contribution in [1.29, 1.82) is 0 Å². The second-order valence-corrected chi connectivity index (χ2v) is 9.25. The number of aromatic nitrogens is 3. The molecule has 0 fully saturated rings. The highest BCUT2D eigenvalue weighted by Crippen LogP contribution is 2.54. The predicted octanol–water partition coefficient (Wildman–Crippen LogP) is 6.06. The van der Waals surface area contributed by atoms with Crippen molar-refractivity contribution in [2.24, 2.45) is 11.8 Å². The van der Waals surface area contributed by atoms with Crippen molar-refractivity contribution in [3.05, 3.63) is 88.5 Å². The van der Waals surface area contributed by atoms with E-state index in [1.54, 1.807) is 6.20 Å². The van der Waals surface area contributed by atoms with Gasteiger partial charge in [0.1, 0.15) is 0 Å². The molecule has 1 aromatic carbocycles. The van der Waals surface area contributed by atoms with Crippen LogP contribution in [0.5, 0.6) is 0 Å². The first-order chi connectivity index (χ1) is 15.4. The first kappa shape index (κ1) is 20.4. The van der Waals surface area contributed by atoms with E-state index in [-0.39, 0.29) is 23.0 Å². The molecule has 160 valence electrons. The average Bonchev–Trinajstić information content (AvgIpc) is 2.81. The smallest absolute Gasteiger partial charge is 0.203 e. The van der Waals surface area contributed by atoms with E-state index < -0.39 is 0 Å². The van der Waals surface area contributed by atoms with Crippen LogP contribution in [0.25, 0.3) is 27.5 Å². The average molecular weight is 423 g/mol. The third-order valence-corrected chi connectivity index (χ3v) is 7.27. The van der Waals surface area contributed by atoms with E-state index >= 15 is 0 Å². The Hall–Kier alpha value is -3.52. The summed E-state index contributed by atoms with van der Waals surface area (Å²) in [4.78, 5) is 18.2. The Bertz CT molecular complexity index is 1270. The number of aryl methyl sites for hydroxylation is 1. The number of hydrogen-bond acceptors (Lipinski definition) is 4. The largest absolute Gasteiger partial charge is 0.523 e. The number of fused-ring (bicyclic) bond motifs is 3. The van der Waals surface area contributed by atoms with E-state index in [0.29, 0.717) is 17.9 Å². The Kier molecular flexibility index (Phi) is 4.82. The molecule has 5 nitrogen and oxygen atoms in total. The number of aliphatic hydroxyl groups is 1. The molecule has 2 aromatic heterocycles. The topological polar surface area (TPSA) is 63.3 Å². The first-order valence-corrected chi connectivity index (χ1v) is 11.1. The molecule has 0 spiro atoms. The fourth-order valence-electron chi connectivity index (χ4n) is 5.64. The van der Waals surface area contributed by atoms with Crippen LogP contribution in [0.1, 0.15) is 43.6 Å². The summed E-state index contributed by atoms with van der Waals surface area (Å²) in [7, 11) is 0. The van der Waals surface area contributed by atoms with Crippen LogP contribution in [0.15, 0.2) is 60.1 Å². The summed E-state index contributed by atoms with van der Waals surface area (Å²) in [5.41, 5.74) is 6.23. The van der Waals surface area contributed by atoms with Gasteiger partial charge in [0, 0.05) is 39.9 Å². The van der Waals surface area contributed by atoms with E-state index in [1.165, 1.54) is 5.56 Å². The monoisotopic (exact) mass is 422 g/mol. The van der Waals surface area contributed by atoms with Gasteiger partial charge in [-0.3, -0.25) is 4.98 Å². The van der Waals surface area contributed by atoms with E-state index in [2.05, 4.69) is 28.9 Å². The molecule has 0 bridgehead atoms. The molecule has 2 aliphatic carbocycles. The van der Waals surface area contributed by atoms with E-state index in [1.807, 2.05) is 44.2 Å². The zero-order valence-corrected chi connectivity index (χ0v) is 18.6. The van der Waals surface area contributed by atoms with Crippen molar-refractivity contribution in [1.82, 2.24) is 15.0 Å². The third-order valence-electron chi connectivity index (χ3n) is 7.27. The van der Waals surface area contributed by atoms with Crippen molar-refractivity contribution in [3.8, 4) is 22.6 Å². The van der Waals surface area contributed by atoms with Gasteiger partial charge >= 0.3 is 0 Å². The molecule has 3 aromatic rings. The molecule has 0 radical (unpaired) electrons. The summed E-state index contributed by atoms with van der Waals surface area (Å²) in [6, 6.07) is 14.2. The van der Waals surface area contributed by atoms with Crippen LogP contribution >= 0.6 is 0 Å². The SMILES string of the molecule is [C-]#[N+]C1=C(O)[C@H](C)[C@H]2CCc3c(-c4ccccc4)nc(-c4ccnc(C)c4)nc3[C@]2(C)C1. The summed E-state index contributed by atoms with van der Waals surface area (Å²) < 4.78 is 0. The predicted molar refractivity (Wildman–Crippen MR) is 125 cm³/mol. The fourth-order valence-corrected chi connectivity index (χ4v) is 5.64. The van der Waals surface area contributed by atoms with Gasteiger partial charge in [0.15, 0.2) is 5.82 Å². The summed E-state index contributed by atoms with van der Waals surface area (Å²) in [5, 5.41) is 10.7. The maximum atomic E-state index is 10.7. The quantitative estimate of drug-likeness (QED) is 0.510. The van der Waals surface area contributed by atoms with Gasteiger partial charge < -0.3 is 5.11 Å². The van der Waals surface area contributed by atoms with Crippen molar-refractivity contribution in [2.75, 3.05) is 0 Å². The van der Waals surface area contributed by atoms with Crippen LogP contribution in [-0.2, 0) is 11.8 Å². The Morgan fingerprint density at radius 1 is 1.12 bits per heavy atom. The fraction of sp³-hybridized carbons (Fsp3) is 0.333. The number of pyridine rings is 1. The zero-order chi connectivity index (χ0) is 22.5. The van der Waals surface area contributed by atoms with E-state index in [0.717, 1.165) is 41.1 Å². The summed E-state index contributed by atoms with van der Waals surface area (Å²) in [6.45, 7) is 13.9. The number of benzene rings is 1. The molecule has 0 saturated heterocycles. The molecule has 3 atom stereocenters. The van der Waals surface area contributed by atoms with Gasteiger partial charge in [-0.15, -0.1) is 0 Å². The lowest BCUT2D eigenvalue weighted by atomic mass is 9.57. The van der Waals surface area contributed by atoms with Crippen molar-refractivity contribution >= 4 is 0 Å². The number of aliphatic hydroxyl groups excluding tert-OH is 1. The molecule has 0 aliphatic heterocycles. The molecule has 5 heteroatoms. The lowest BCUT2D eigenvalue weighted by molar-refractivity contribution is 0.135. The highest BCUT2D eigenvalue weighted by atomic mass is 16.3. The van der Waals surface area contributed by atoms with Gasteiger partial charge in [-0.05, 0) is 44.2 Å². The number of hydrogen-bond donors (Lipinski definition) is 1. The molecule has 1 N–H and O–H groups in total. The van der Waals surface area contributed by atoms with Crippen LogP contribution in [-0.4, -0.2) is 20.1 Å². The highest BCUT2D eigenvalue weighted by Gasteiger charge is 2.50. The number of allylic oxidation sites excluding steroid dienone is 2. The van der Waals surface area contributed by atoms with Crippen LogP contribution in [0, 0.1) is 25.3 Å². The van der Waals surface area contributed by atoms with Crippen molar-refractivity contribution in [2.45, 2.75) is 45.4 Å². The molecule has 0 saturated carbocycles. The molecular weight excluding hydrogens is 396 g/mol. The number of nitrogens with zero attached hydrogens (tertiary/aromatic N) is 4. The van der Waals surface area contributed by atoms with Crippen LogP contribution in [0.3, 0.4) is 0 Å².